The summed E-state index contributed by atoms with van der Waals surface area (Å²) < 4.78 is 4.85. The van der Waals surface area contributed by atoms with Crippen LogP contribution < -0.4 is 0 Å². The van der Waals surface area contributed by atoms with Gasteiger partial charge in [0, 0.05) is 28.6 Å². The molecule has 0 N–H and O–H groups in total. The Balaban J connectivity index is 2.65. The predicted octanol–water partition coefficient (Wildman–Crippen LogP) is 2.38. The van der Waals surface area contributed by atoms with Crippen LogP contribution in [0.25, 0.3) is 21.7 Å². The van der Waals surface area contributed by atoms with E-state index in [0.29, 0.717) is 0 Å². The molecule has 3 heteroatoms. The van der Waals surface area contributed by atoms with Crippen molar-refractivity contribution < 1.29 is 4.52 Å². The third-order valence-corrected chi connectivity index (χ3v) is 2.16. The highest BCUT2D eigenvalue weighted by atomic mass is 16.4. The molecule has 0 aliphatic rings. The van der Waals surface area contributed by atoms with Gasteiger partial charge >= 0.3 is 0 Å². The molecule has 0 amide bonds. The molecule has 0 saturated heterocycles. The maximum absolute atomic E-state index is 4.85. The molecule has 3 aromatic rings. The second-order valence-corrected chi connectivity index (χ2v) is 2.91. The van der Waals surface area contributed by atoms with Crippen LogP contribution in [0, 0.1) is 0 Å². The average Bonchev–Trinajstić information content (AvgIpc) is 2.65. The summed E-state index contributed by atoms with van der Waals surface area (Å²) in [6.07, 6.45) is 5.27. The molecule has 0 atom stereocenters. The van der Waals surface area contributed by atoms with Gasteiger partial charge in [0.15, 0.2) is 0 Å². The Labute approximate surface area is 74.0 Å². The summed E-state index contributed by atoms with van der Waals surface area (Å²) in [7, 11) is 0. The van der Waals surface area contributed by atoms with Gasteiger partial charge in [-0.1, -0.05) is 11.2 Å². The van der Waals surface area contributed by atoms with Crippen molar-refractivity contribution in [3.63, 3.8) is 0 Å². The second-order valence-electron chi connectivity index (χ2n) is 2.91. The molecule has 3 rings (SSSR count). The Kier molecular flexibility index (Phi) is 1.16. The minimum Gasteiger partial charge on any atom is -0.364 e. The van der Waals surface area contributed by atoms with Gasteiger partial charge in [-0.15, -0.1) is 0 Å². The fourth-order valence-corrected chi connectivity index (χ4v) is 1.53. The number of aromatic nitrogens is 2. The van der Waals surface area contributed by atoms with Crippen molar-refractivity contribution in [2.45, 2.75) is 0 Å². The van der Waals surface area contributed by atoms with Crippen molar-refractivity contribution in [1.29, 1.82) is 0 Å². The Bertz CT molecular complexity index is 571. The highest BCUT2D eigenvalue weighted by Gasteiger charge is 2.01. The summed E-state index contributed by atoms with van der Waals surface area (Å²) in [5.41, 5.74) is 0.864. The lowest BCUT2D eigenvalue weighted by atomic mass is 10.1. The molecule has 1 aromatic carbocycles. The van der Waals surface area contributed by atoms with Crippen LogP contribution in [0.3, 0.4) is 0 Å². The minimum atomic E-state index is 0.864. The van der Waals surface area contributed by atoms with Crippen molar-refractivity contribution in [3.05, 3.63) is 36.9 Å². The smallest absolute Gasteiger partial charge is 0.122 e. The van der Waals surface area contributed by atoms with Crippen molar-refractivity contribution in [3.8, 4) is 0 Å². The third kappa shape index (κ3) is 0.839. The Morgan fingerprint density at radius 3 is 3.00 bits per heavy atom. The number of benzene rings is 1. The topological polar surface area (TPSA) is 38.9 Å². The van der Waals surface area contributed by atoms with Gasteiger partial charge in [0.2, 0.25) is 0 Å². The van der Waals surface area contributed by atoms with Crippen LogP contribution in [0.2, 0.25) is 0 Å². The Morgan fingerprint density at radius 1 is 1.00 bits per heavy atom. The first-order valence-corrected chi connectivity index (χ1v) is 4.02. The van der Waals surface area contributed by atoms with E-state index in [9.17, 15) is 0 Å². The van der Waals surface area contributed by atoms with Crippen LogP contribution in [-0.4, -0.2) is 10.1 Å². The number of hydrogen-bond acceptors (Lipinski definition) is 3. The lowest BCUT2D eigenvalue weighted by molar-refractivity contribution is 0.412. The normalized spacial score (nSPS) is 11.1. The fraction of sp³-hybridized carbons (Fsp3) is 0. The van der Waals surface area contributed by atoms with Gasteiger partial charge in [-0.2, -0.15) is 0 Å². The molecular formula is C10H6N2O. The molecule has 0 aliphatic heterocycles. The monoisotopic (exact) mass is 170 g/mol. The second kappa shape index (κ2) is 2.29. The van der Waals surface area contributed by atoms with E-state index in [2.05, 4.69) is 10.1 Å². The zero-order chi connectivity index (χ0) is 8.67. The van der Waals surface area contributed by atoms with E-state index in [1.165, 1.54) is 0 Å². The SMILES string of the molecule is c1cc2c(ccc3cncc32)no1. The van der Waals surface area contributed by atoms with Crippen LogP contribution >= 0.6 is 0 Å². The fourth-order valence-electron chi connectivity index (χ4n) is 1.53. The van der Waals surface area contributed by atoms with Crippen molar-refractivity contribution in [2.75, 3.05) is 0 Å². The number of rotatable bonds is 0. The van der Waals surface area contributed by atoms with Crippen molar-refractivity contribution >= 4 is 21.7 Å². The average molecular weight is 170 g/mol. The molecule has 0 bridgehead atoms. The summed E-state index contributed by atoms with van der Waals surface area (Å²) in [5, 5.41) is 7.26. The van der Waals surface area contributed by atoms with Crippen molar-refractivity contribution in [1.82, 2.24) is 10.1 Å². The molecule has 0 saturated carbocycles. The van der Waals surface area contributed by atoms with E-state index in [1.54, 1.807) is 6.26 Å². The molecule has 0 spiro atoms. The van der Waals surface area contributed by atoms with Crippen LogP contribution in [-0.2, 0) is 0 Å². The lowest BCUT2D eigenvalue weighted by Gasteiger charge is -1.95. The van der Waals surface area contributed by atoms with Gasteiger partial charge in [-0.25, -0.2) is 0 Å². The number of fused-ring (bicyclic) bond motifs is 3. The minimum absolute atomic E-state index is 0.864. The molecule has 62 valence electrons. The summed E-state index contributed by atoms with van der Waals surface area (Å²) in [6, 6.07) is 5.84. The molecule has 0 unspecified atom stereocenters. The number of nitrogens with zero attached hydrogens (tertiary/aromatic N) is 2. The first-order chi connectivity index (χ1) is 6.45. The van der Waals surface area contributed by atoms with Gasteiger partial charge in [0.1, 0.15) is 11.8 Å². The Morgan fingerprint density at radius 2 is 2.00 bits per heavy atom. The van der Waals surface area contributed by atoms with E-state index in [4.69, 9.17) is 4.52 Å². The molecule has 13 heavy (non-hydrogen) atoms. The maximum atomic E-state index is 4.85. The molecule has 2 aromatic heterocycles. The standard InChI is InChI=1S/C10H6N2O/c1-2-10-8(3-4-13-12-10)9-6-11-5-7(1)9/h1-6H. The molecule has 2 heterocycles. The first-order valence-electron chi connectivity index (χ1n) is 4.02. The van der Waals surface area contributed by atoms with Crippen LogP contribution in [0.4, 0.5) is 0 Å². The zero-order valence-electron chi connectivity index (χ0n) is 6.77. The van der Waals surface area contributed by atoms with E-state index < -0.39 is 0 Å². The molecular weight excluding hydrogens is 164 g/mol. The van der Waals surface area contributed by atoms with Crippen LogP contribution in [0.5, 0.6) is 0 Å². The number of hydrogen-bond donors (Lipinski definition) is 0. The summed E-state index contributed by atoms with van der Waals surface area (Å²) >= 11 is 0. The molecule has 0 fully saturated rings. The van der Waals surface area contributed by atoms with Crippen LogP contribution in [0.15, 0.2) is 41.4 Å². The molecule has 0 radical (unpaired) electrons. The lowest BCUT2D eigenvalue weighted by Crippen LogP contribution is -1.76. The summed E-state index contributed by atoms with van der Waals surface area (Å²) in [5.74, 6) is 0. The predicted molar refractivity (Wildman–Crippen MR) is 49.3 cm³/mol. The van der Waals surface area contributed by atoms with Gasteiger partial charge in [-0.3, -0.25) is 4.98 Å². The van der Waals surface area contributed by atoms with E-state index in [-0.39, 0.29) is 0 Å². The summed E-state index contributed by atoms with van der Waals surface area (Å²) in [6.45, 7) is 0. The largest absolute Gasteiger partial charge is 0.364 e. The Hall–Kier alpha value is -1.90. The maximum Gasteiger partial charge on any atom is 0.122 e. The van der Waals surface area contributed by atoms with Gasteiger partial charge < -0.3 is 4.52 Å². The third-order valence-electron chi connectivity index (χ3n) is 2.16. The highest BCUT2D eigenvalue weighted by Crippen LogP contribution is 2.22. The van der Waals surface area contributed by atoms with Gasteiger partial charge in [0.05, 0.1) is 0 Å². The molecule has 3 nitrogen and oxygen atoms in total. The zero-order valence-corrected chi connectivity index (χ0v) is 6.77. The highest BCUT2D eigenvalue weighted by molar-refractivity contribution is 6.05. The summed E-state index contributed by atoms with van der Waals surface area (Å²) in [4.78, 5) is 4.09. The van der Waals surface area contributed by atoms with Crippen molar-refractivity contribution in [2.24, 2.45) is 0 Å². The molecule has 0 aliphatic carbocycles. The van der Waals surface area contributed by atoms with Gasteiger partial charge in [0.25, 0.3) is 0 Å². The quantitative estimate of drug-likeness (QED) is 0.520. The van der Waals surface area contributed by atoms with Gasteiger partial charge in [-0.05, 0) is 12.1 Å². The first kappa shape index (κ1) is 6.60. The van der Waals surface area contributed by atoms with E-state index >= 15 is 0 Å². The van der Waals surface area contributed by atoms with Crippen LogP contribution in [0.1, 0.15) is 0 Å². The van der Waals surface area contributed by atoms with E-state index in [0.717, 1.165) is 21.7 Å². The van der Waals surface area contributed by atoms with E-state index in [1.807, 2.05) is 30.6 Å².